The van der Waals surface area contributed by atoms with E-state index in [1.54, 1.807) is 6.19 Å². The zero-order valence-corrected chi connectivity index (χ0v) is 9.31. The Morgan fingerprint density at radius 3 is 2.53 bits per heavy atom. The third-order valence-corrected chi connectivity index (χ3v) is 2.23. The van der Waals surface area contributed by atoms with E-state index in [1.807, 2.05) is 6.07 Å². The maximum atomic E-state index is 10.5. The molecule has 9 nitrogen and oxygen atoms in total. The Balaban J connectivity index is 2.41. The molecule has 0 atom stereocenters. The van der Waals surface area contributed by atoms with Crippen LogP contribution in [0.25, 0.3) is 0 Å². The van der Waals surface area contributed by atoms with E-state index in [0.717, 1.165) is 5.12 Å². The van der Waals surface area contributed by atoms with Crippen LogP contribution in [0.4, 0.5) is 5.69 Å². The fourth-order valence-corrected chi connectivity index (χ4v) is 1.38. The number of hydrazine groups is 1. The molecule has 1 aliphatic heterocycles. The van der Waals surface area contributed by atoms with Crippen LogP contribution >= 0.6 is 0 Å². The zero-order chi connectivity index (χ0) is 13.8. The molecule has 19 heavy (non-hydrogen) atoms. The lowest BCUT2D eigenvalue weighted by molar-refractivity contribution is -0.384. The number of non-ortho nitro benzene ring substituents is 1. The Hall–Kier alpha value is -3.46. The normalized spacial score (nSPS) is 13.5. The van der Waals surface area contributed by atoms with Crippen LogP contribution in [-0.2, 0) is 0 Å². The van der Waals surface area contributed by atoms with Gasteiger partial charge in [0.15, 0.2) is 5.71 Å². The minimum atomic E-state index is -0.533. The number of rotatable bonds is 2. The van der Waals surface area contributed by atoms with E-state index in [9.17, 15) is 10.1 Å². The van der Waals surface area contributed by atoms with Crippen LogP contribution in [0.1, 0.15) is 5.56 Å². The van der Waals surface area contributed by atoms with Gasteiger partial charge in [0.05, 0.1) is 4.92 Å². The number of hydrazone groups is 2. The van der Waals surface area contributed by atoms with Gasteiger partial charge in [0.2, 0.25) is 6.19 Å². The molecule has 0 bridgehead atoms. The van der Waals surface area contributed by atoms with Crippen molar-refractivity contribution in [3.63, 3.8) is 0 Å². The minimum Gasteiger partial charge on any atom is -0.258 e. The molecule has 1 N–H and O–H groups in total. The topological polar surface area (TPSA) is 131 Å². The Morgan fingerprint density at radius 1 is 1.32 bits per heavy atom. The lowest BCUT2D eigenvalue weighted by Crippen LogP contribution is -2.34. The molecule has 0 radical (unpaired) electrons. The lowest BCUT2D eigenvalue weighted by atomic mass is 10.1. The van der Waals surface area contributed by atoms with E-state index < -0.39 is 4.92 Å². The fourth-order valence-electron chi connectivity index (χ4n) is 1.38. The summed E-state index contributed by atoms with van der Waals surface area (Å²) >= 11 is 0. The first-order valence-corrected chi connectivity index (χ1v) is 4.93. The van der Waals surface area contributed by atoms with Crippen molar-refractivity contribution >= 4 is 17.1 Å². The Kier molecular flexibility index (Phi) is 3.04. The molecule has 1 aromatic rings. The van der Waals surface area contributed by atoms with Gasteiger partial charge in [-0.15, -0.1) is 10.2 Å². The van der Waals surface area contributed by atoms with Gasteiger partial charge in [-0.25, -0.2) is 0 Å². The third kappa shape index (κ3) is 2.30. The number of hydrogen-bond acceptors (Lipinski definition) is 8. The Bertz CT molecular complexity index is 663. The van der Waals surface area contributed by atoms with Crippen LogP contribution < -0.4 is 5.53 Å². The maximum absolute atomic E-state index is 10.5. The average Bonchev–Trinajstić information content (AvgIpc) is 2.46. The van der Waals surface area contributed by atoms with Gasteiger partial charge in [0.1, 0.15) is 11.8 Å². The quantitative estimate of drug-likeness (QED) is 0.464. The summed E-state index contributed by atoms with van der Waals surface area (Å²) < 4.78 is 0. The van der Waals surface area contributed by atoms with Crippen LogP contribution in [0.3, 0.4) is 0 Å². The average molecular weight is 255 g/mol. The second-order valence-electron chi connectivity index (χ2n) is 3.34. The molecule has 0 aromatic heterocycles. The molecule has 1 aliphatic rings. The van der Waals surface area contributed by atoms with Crippen molar-refractivity contribution in [1.82, 2.24) is 10.7 Å². The van der Waals surface area contributed by atoms with Crippen molar-refractivity contribution in [2.45, 2.75) is 0 Å². The van der Waals surface area contributed by atoms with Crippen LogP contribution in [0.15, 0.2) is 34.5 Å². The first kappa shape index (κ1) is 12.0. The lowest BCUT2D eigenvalue weighted by Gasteiger charge is -2.15. The van der Waals surface area contributed by atoms with Gasteiger partial charge in [-0.2, -0.15) is 16.1 Å². The SMILES string of the molecule is N#CC1=NNN(C#N)N=C1c1ccc([N+](=O)[O-])cc1. The standard InChI is InChI=1S/C10H5N7O2/c11-5-9-10(14-16(6-12)15-13-9)7-1-3-8(4-2-7)17(18)19/h1-4,15H. The minimum absolute atomic E-state index is 0.0136. The van der Waals surface area contributed by atoms with Crippen molar-refractivity contribution in [3.8, 4) is 12.3 Å². The smallest absolute Gasteiger partial charge is 0.258 e. The summed E-state index contributed by atoms with van der Waals surface area (Å²) in [5, 5.41) is 36.4. The number of benzene rings is 1. The van der Waals surface area contributed by atoms with E-state index in [0.29, 0.717) is 5.56 Å². The molecule has 2 rings (SSSR count). The van der Waals surface area contributed by atoms with Crippen molar-refractivity contribution in [2.24, 2.45) is 10.2 Å². The van der Waals surface area contributed by atoms with Crippen molar-refractivity contribution in [2.75, 3.05) is 0 Å². The molecule has 0 unspecified atom stereocenters. The van der Waals surface area contributed by atoms with Gasteiger partial charge in [0, 0.05) is 17.7 Å². The summed E-state index contributed by atoms with van der Waals surface area (Å²) in [5.74, 6) is 0. The molecule has 1 heterocycles. The van der Waals surface area contributed by atoms with E-state index in [1.165, 1.54) is 24.3 Å². The molecule has 1 aromatic carbocycles. The number of nitro groups is 1. The van der Waals surface area contributed by atoms with Crippen LogP contribution in [0, 0.1) is 32.9 Å². The predicted molar refractivity (Wildman–Crippen MR) is 63.3 cm³/mol. The molecule has 0 aliphatic carbocycles. The highest BCUT2D eigenvalue weighted by molar-refractivity contribution is 6.53. The third-order valence-electron chi connectivity index (χ3n) is 2.23. The van der Waals surface area contributed by atoms with Crippen LogP contribution in [0.2, 0.25) is 0 Å². The second-order valence-corrected chi connectivity index (χ2v) is 3.34. The van der Waals surface area contributed by atoms with Crippen molar-refractivity contribution < 1.29 is 4.92 Å². The maximum Gasteiger partial charge on any atom is 0.269 e. The number of hydrogen-bond donors (Lipinski definition) is 1. The number of nitro benzene ring substituents is 1. The van der Waals surface area contributed by atoms with Crippen molar-refractivity contribution in [3.05, 3.63) is 39.9 Å². The highest BCUT2D eigenvalue weighted by Gasteiger charge is 2.19. The summed E-state index contributed by atoms with van der Waals surface area (Å²) in [6.45, 7) is 0. The second kappa shape index (κ2) is 4.81. The van der Waals surface area contributed by atoms with Gasteiger partial charge in [0.25, 0.3) is 5.69 Å². The van der Waals surface area contributed by atoms with Gasteiger partial charge >= 0.3 is 0 Å². The molecule has 0 spiro atoms. The first-order chi connectivity index (χ1) is 9.15. The highest BCUT2D eigenvalue weighted by Crippen LogP contribution is 2.14. The monoisotopic (exact) mass is 255 g/mol. The fraction of sp³-hybridized carbons (Fsp3) is 0. The molecular weight excluding hydrogens is 250 g/mol. The molecule has 92 valence electrons. The van der Waals surface area contributed by atoms with Crippen LogP contribution in [0.5, 0.6) is 0 Å². The summed E-state index contributed by atoms with van der Waals surface area (Å²) in [6.07, 6.45) is 1.69. The van der Waals surface area contributed by atoms with E-state index in [4.69, 9.17) is 10.5 Å². The van der Waals surface area contributed by atoms with Crippen LogP contribution in [-0.4, -0.2) is 21.5 Å². The Morgan fingerprint density at radius 2 is 2.00 bits per heavy atom. The highest BCUT2D eigenvalue weighted by atomic mass is 16.6. The Labute approximate surface area is 106 Å². The van der Waals surface area contributed by atoms with Gasteiger partial charge in [-0.3, -0.25) is 10.1 Å². The van der Waals surface area contributed by atoms with E-state index in [-0.39, 0.29) is 17.1 Å². The number of nitrogens with zero attached hydrogens (tertiary/aromatic N) is 6. The van der Waals surface area contributed by atoms with Crippen molar-refractivity contribution in [1.29, 1.82) is 10.5 Å². The predicted octanol–water partition coefficient (Wildman–Crippen LogP) is 0.480. The van der Waals surface area contributed by atoms with E-state index >= 15 is 0 Å². The largest absolute Gasteiger partial charge is 0.269 e. The summed E-state index contributed by atoms with van der Waals surface area (Å²) in [7, 11) is 0. The number of nitrogens with one attached hydrogen (secondary N) is 1. The molecule has 0 fully saturated rings. The molecule has 9 heteroatoms. The summed E-state index contributed by atoms with van der Waals surface area (Å²) in [4.78, 5) is 10.0. The molecule has 0 amide bonds. The molecule has 0 saturated heterocycles. The first-order valence-electron chi connectivity index (χ1n) is 4.93. The summed E-state index contributed by atoms with van der Waals surface area (Å²) in [5.41, 5.74) is 2.77. The number of nitriles is 2. The summed E-state index contributed by atoms with van der Waals surface area (Å²) in [6, 6.07) is 7.26. The van der Waals surface area contributed by atoms with Gasteiger partial charge < -0.3 is 0 Å². The van der Waals surface area contributed by atoms with Gasteiger partial charge in [-0.05, 0) is 12.1 Å². The van der Waals surface area contributed by atoms with E-state index in [2.05, 4.69) is 15.7 Å². The molecule has 0 saturated carbocycles. The zero-order valence-electron chi connectivity index (χ0n) is 9.31. The van der Waals surface area contributed by atoms with Gasteiger partial charge in [-0.1, -0.05) is 5.12 Å². The molecular formula is C10H5N7O2.